The van der Waals surface area contributed by atoms with Gasteiger partial charge in [-0.25, -0.2) is 0 Å². The summed E-state index contributed by atoms with van der Waals surface area (Å²) in [6.07, 6.45) is 3.39. The highest BCUT2D eigenvalue weighted by Gasteiger charge is 2.33. The van der Waals surface area contributed by atoms with Crippen LogP contribution in [0.4, 0.5) is 0 Å². The molecule has 0 aliphatic rings. The number of hydrogen-bond donors (Lipinski definition) is 1. The van der Waals surface area contributed by atoms with Crippen LogP contribution in [0.15, 0.2) is 12.2 Å². The van der Waals surface area contributed by atoms with E-state index in [2.05, 4.69) is 58.6 Å². The van der Waals surface area contributed by atoms with Gasteiger partial charge in [-0.15, -0.1) is 6.58 Å². The van der Waals surface area contributed by atoms with Crippen molar-refractivity contribution in [3.8, 4) is 0 Å². The Labute approximate surface area is 102 Å². The van der Waals surface area contributed by atoms with Crippen molar-refractivity contribution in [3.05, 3.63) is 12.2 Å². The lowest BCUT2D eigenvalue weighted by Gasteiger charge is -2.43. The van der Waals surface area contributed by atoms with Crippen molar-refractivity contribution in [2.75, 3.05) is 20.6 Å². The minimum absolute atomic E-state index is 0.202. The third-order valence-corrected chi connectivity index (χ3v) is 3.68. The quantitative estimate of drug-likeness (QED) is 0.640. The topological polar surface area (TPSA) is 15.3 Å². The number of rotatable bonds is 8. The van der Waals surface area contributed by atoms with Crippen molar-refractivity contribution >= 4 is 0 Å². The maximum atomic E-state index is 4.05. The Balaban J connectivity index is 4.74. The van der Waals surface area contributed by atoms with E-state index in [1.54, 1.807) is 0 Å². The van der Waals surface area contributed by atoms with Crippen molar-refractivity contribution in [1.82, 2.24) is 10.2 Å². The maximum absolute atomic E-state index is 4.05. The highest BCUT2D eigenvalue weighted by molar-refractivity contribution is 5.02. The molecule has 0 saturated heterocycles. The first-order chi connectivity index (χ1) is 7.38. The Bertz CT molecular complexity index is 211. The second kappa shape index (κ2) is 7.08. The molecule has 2 heteroatoms. The monoisotopic (exact) mass is 226 g/mol. The summed E-state index contributed by atoms with van der Waals surface area (Å²) in [5.41, 5.74) is 1.46. The summed E-state index contributed by atoms with van der Waals surface area (Å²) in [5, 5.41) is 3.67. The Kier molecular flexibility index (Phi) is 6.93. The molecule has 0 fully saturated rings. The van der Waals surface area contributed by atoms with E-state index < -0.39 is 0 Å². The molecule has 0 radical (unpaired) electrons. The normalized spacial score (nSPS) is 17.2. The van der Waals surface area contributed by atoms with Crippen molar-refractivity contribution in [1.29, 1.82) is 0 Å². The molecule has 0 rings (SSSR count). The highest BCUT2D eigenvalue weighted by Crippen LogP contribution is 2.25. The van der Waals surface area contributed by atoms with Crippen molar-refractivity contribution in [2.45, 2.75) is 58.5 Å². The molecule has 0 aliphatic carbocycles. The fourth-order valence-corrected chi connectivity index (χ4v) is 2.05. The molecule has 0 aromatic rings. The zero-order valence-electron chi connectivity index (χ0n) is 12.1. The van der Waals surface area contributed by atoms with Gasteiger partial charge in [0, 0.05) is 11.6 Å². The second-order valence-corrected chi connectivity index (χ2v) is 5.27. The van der Waals surface area contributed by atoms with Gasteiger partial charge in [0.05, 0.1) is 0 Å². The Hall–Kier alpha value is -0.340. The van der Waals surface area contributed by atoms with Crippen LogP contribution in [0.2, 0.25) is 0 Å². The molecule has 2 atom stereocenters. The minimum atomic E-state index is 0.202. The molecule has 0 saturated carbocycles. The highest BCUT2D eigenvalue weighted by atomic mass is 15.2. The summed E-state index contributed by atoms with van der Waals surface area (Å²) in [6, 6.07) is 0.491. The number of nitrogens with one attached hydrogen (secondary N) is 1. The summed E-state index contributed by atoms with van der Waals surface area (Å²) in [4.78, 5) is 2.34. The third-order valence-electron chi connectivity index (χ3n) is 3.68. The van der Waals surface area contributed by atoms with Gasteiger partial charge in [-0.2, -0.15) is 0 Å². The van der Waals surface area contributed by atoms with Gasteiger partial charge >= 0.3 is 0 Å². The molecule has 96 valence electrons. The third kappa shape index (κ3) is 4.26. The van der Waals surface area contributed by atoms with Crippen LogP contribution in [0.5, 0.6) is 0 Å². The van der Waals surface area contributed by atoms with Crippen LogP contribution in [-0.2, 0) is 0 Å². The average molecular weight is 226 g/mol. The molecule has 0 aromatic heterocycles. The van der Waals surface area contributed by atoms with E-state index in [0.717, 1.165) is 19.4 Å². The van der Waals surface area contributed by atoms with Crippen molar-refractivity contribution in [3.63, 3.8) is 0 Å². The summed E-state index contributed by atoms with van der Waals surface area (Å²) < 4.78 is 0. The average Bonchev–Trinajstić information content (AvgIpc) is 2.22. The van der Waals surface area contributed by atoms with Crippen LogP contribution >= 0.6 is 0 Å². The predicted molar refractivity (Wildman–Crippen MR) is 73.9 cm³/mol. The number of likely N-dealkylation sites (N-methyl/N-ethyl adjacent to an activating group) is 1. The van der Waals surface area contributed by atoms with E-state index in [1.807, 2.05) is 0 Å². The van der Waals surface area contributed by atoms with E-state index >= 15 is 0 Å². The molecule has 0 amide bonds. The van der Waals surface area contributed by atoms with E-state index in [9.17, 15) is 0 Å². The van der Waals surface area contributed by atoms with E-state index in [4.69, 9.17) is 0 Å². The van der Waals surface area contributed by atoms with Crippen LogP contribution in [0.1, 0.15) is 47.0 Å². The molecule has 1 N–H and O–H groups in total. The SMILES string of the molecule is C=C(C)CC(NCCC)C(C)(CC)N(C)C. The summed E-state index contributed by atoms with van der Waals surface area (Å²) in [6.45, 7) is 14.1. The summed E-state index contributed by atoms with van der Waals surface area (Å²) >= 11 is 0. The molecule has 2 nitrogen and oxygen atoms in total. The molecule has 2 unspecified atom stereocenters. The minimum Gasteiger partial charge on any atom is -0.312 e. The molecular weight excluding hydrogens is 196 g/mol. The lowest BCUT2D eigenvalue weighted by Crippen LogP contribution is -2.57. The molecule has 0 spiro atoms. The zero-order chi connectivity index (χ0) is 12.8. The first kappa shape index (κ1) is 15.7. The Morgan fingerprint density at radius 2 is 1.94 bits per heavy atom. The summed E-state index contributed by atoms with van der Waals surface area (Å²) in [5.74, 6) is 0. The second-order valence-electron chi connectivity index (χ2n) is 5.27. The van der Waals surface area contributed by atoms with Gasteiger partial charge in [-0.05, 0) is 53.8 Å². The number of nitrogens with zero attached hydrogens (tertiary/aromatic N) is 1. The molecule has 0 bridgehead atoms. The van der Waals surface area contributed by atoms with Crippen LogP contribution in [0.25, 0.3) is 0 Å². The fourth-order valence-electron chi connectivity index (χ4n) is 2.05. The number of hydrogen-bond acceptors (Lipinski definition) is 2. The van der Waals surface area contributed by atoms with Gasteiger partial charge in [0.25, 0.3) is 0 Å². The van der Waals surface area contributed by atoms with Gasteiger partial charge < -0.3 is 10.2 Å². The fraction of sp³-hybridized carbons (Fsp3) is 0.857. The van der Waals surface area contributed by atoms with E-state index in [0.29, 0.717) is 6.04 Å². The van der Waals surface area contributed by atoms with Gasteiger partial charge in [0.15, 0.2) is 0 Å². The largest absolute Gasteiger partial charge is 0.312 e. The molecule has 0 aromatic carbocycles. The standard InChI is InChI=1S/C14H30N2/c1-8-10-15-13(11-12(3)4)14(5,9-2)16(6)7/h13,15H,3,8-11H2,1-2,4-7H3. The molecule has 0 heterocycles. The molecule has 0 aliphatic heterocycles. The van der Waals surface area contributed by atoms with Crippen LogP contribution in [0.3, 0.4) is 0 Å². The zero-order valence-corrected chi connectivity index (χ0v) is 12.1. The summed E-state index contributed by atoms with van der Waals surface area (Å²) in [7, 11) is 4.34. The molecule has 16 heavy (non-hydrogen) atoms. The Morgan fingerprint density at radius 3 is 2.25 bits per heavy atom. The van der Waals surface area contributed by atoms with E-state index in [-0.39, 0.29) is 5.54 Å². The predicted octanol–water partition coefficient (Wildman–Crippen LogP) is 3.05. The van der Waals surface area contributed by atoms with Gasteiger partial charge in [-0.1, -0.05) is 19.4 Å². The van der Waals surface area contributed by atoms with Crippen molar-refractivity contribution < 1.29 is 0 Å². The van der Waals surface area contributed by atoms with Crippen LogP contribution in [0, 0.1) is 0 Å². The van der Waals surface area contributed by atoms with Crippen LogP contribution < -0.4 is 5.32 Å². The van der Waals surface area contributed by atoms with Crippen molar-refractivity contribution in [2.24, 2.45) is 0 Å². The maximum Gasteiger partial charge on any atom is 0.0328 e. The van der Waals surface area contributed by atoms with Crippen LogP contribution in [-0.4, -0.2) is 37.1 Å². The lowest BCUT2D eigenvalue weighted by molar-refractivity contribution is 0.112. The van der Waals surface area contributed by atoms with Gasteiger partial charge in [-0.3, -0.25) is 0 Å². The first-order valence-corrected chi connectivity index (χ1v) is 6.43. The molecular formula is C14H30N2. The lowest BCUT2D eigenvalue weighted by atomic mass is 9.84. The van der Waals surface area contributed by atoms with Gasteiger partial charge in [0.1, 0.15) is 0 Å². The first-order valence-electron chi connectivity index (χ1n) is 6.43. The van der Waals surface area contributed by atoms with E-state index in [1.165, 1.54) is 12.0 Å². The smallest absolute Gasteiger partial charge is 0.0328 e. The Morgan fingerprint density at radius 1 is 1.38 bits per heavy atom. The van der Waals surface area contributed by atoms with Gasteiger partial charge in [0.2, 0.25) is 0 Å².